The number of hydrogen-bond donors (Lipinski definition) is 0. The lowest BCUT2D eigenvalue weighted by Gasteiger charge is -2.38. The van der Waals surface area contributed by atoms with Gasteiger partial charge in [0.25, 0.3) is 0 Å². The third-order valence-electron chi connectivity index (χ3n) is 5.44. The molecule has 1 aromatic carbocycles. The lowest BCUT2D eigenvalue weighted by molar-refractivity contribution is -0.140. The highest BCUT2D eigenvalue weighted by Gasteiger charge is 2.33. The number of halogens is 1. The molecule has 5 heteroatoms. The molecule has 0 radical (unpaired) electrons. The lowest BCUT2D eigenvalue weighted by atomic mass is 9.97. The van der Waals surface area contributed by atoms with E-state index in [1.54, 1.807) is 6.07 Å². The zero-order chi connectivity index (χ0) is 17.8. The van der Waals surface area contributed by atoms with E-state index < -0.39 is 0 Å². The van der Waals surface area contributed by atoms with Crippen LogP contribution >= 0.6 is 0 Å². The molecule has 2 heterocycles. The Labute approximate surface area is 149 Å². The highest BCUT2D eigenvalue weighted by atomic mass is 19.1. The molecule has 0 bridgehead atoms. The van der Waals surface area contributed by atoms with Gasteiger partial charge in [-0.3, -0.25) is 9.59 Å². The highest BCUT2D eigenvalue weighted by Crippen LogP contribution is 2.23. The number of rotatable bonds is 5. The van der Waals surface area contributed by atoms with Gasteiger partial charge in [0.2, 0.25) is 11.8 Å². The van der Waals surface area contributed by atoms with Gasteiger partial charge < -0.3 is 9.80 Å². The van der Waals surface area contributed by atoms with Crippen LogP contribution in [-0.2, 0) is 16.0 Å². The van der Waals surface area contributed by atoms with Crippen molar-refractivity contribution < 1.29 is 14.0 Å². The standard InChI is InChI=1S/C20H27FN2O2/c1-15(9-10-16-5-2-6-17(21)13-16)20(25)22-11-3-7-18(14-22)23-12-4-8-19(23)24/h2,5-6,13,15,18H,3-4,7-12,14H2,1H3/t15-,18-/m1/s1. The van der Waals surface area contributed by atoms with E-state index in [0.717, 1.165) is 37.9 Å². The molecule has 3 rings (SSSR count). The normalized spacial score (nSPS) is 22.3. The van der Waals surface area contributed by atoms with Crippen LogP contribution in [0.4, 0.5) is 4.39 Å². The first-order valence-corrected chi connectivity index (χ1v) is 9.37. The average Bonchev–Trinajstić information content (AvgIpc) is 3.05. The summed E-state index contributed by atoms with van der Waals surface area (Å²) in [5.41, 5.74) is 0.929. The van der Waals surface area contributed by atoms with Gasteiger partial charge in [-0.05, 0) is 49.8 Å². The fourth-order valence-corrected chi connectivity index (χ4v) is 3.98. The third kappa shape index (κ3) is 4.39. The van der Waals surface area contributed by atoms with Gasteiger partial charge in [0.05, 0.1) is 0 Å². The van der Waals surface area contributed by atoms with E-state index in [1.807, 2.05) is 22.8 Å². The van der Waals surface area contributed by atoms with Crippen LogP contribution in [0.3, 0.4) is 0 Å². The van der Waals surface area contributed by atoms with E-state index in [2.05, 4.69) is 0 Å². The number of aryl methyl sites for hydroxylation is 1. The van der Waals surface area contributed by atoms with Crippen LogP contribution in [0.15, 0.2) is 24.3 Å². The lowest BCUT2D eigenvalue weighted by Crippen LogP contribution is -2.51. The summed E-state index contributed by atoms with van der Waals surface area (Å²) < 4.78 is 13.3. The molecule has 2 saturated heterocycles. The first-order valence-electron chi connectivity index (χ1n) is 9.37. The Balaban J connectivity index is 1.53. The monoisotopic (exact) mass is 346 g/mol. The molecule has 2 aliphatic heterocycles. The molecule has 4 nitrogen and oxygen atoms in total. The zero-order valence-electron chi connectivity index (χ0n) is 14.9. The number of piperidine rings is 1. The van der Waals surface area contributed by atoms with Crippen LogP contribution < -0.4 is 0 Å². The van der Waals surface area contributed by atoms with Crippen molar-refractivity contribution in [3.05, 3.63) is 35.6 Å². The Morgan fingerprint density at radius 2 is 2.16 bits per heavy atom. The molecule has 0 aromatic heterocycles. The van der Waals surface area contributed by atoms with Gasteiger partial charge >= 0.3 is 0 Å². The van der Waals surface area contributed by atoms with Crippen molar-refractivity contribution in [2.45, 2.75) is 51.5 Å². The van der Waals surface area contributed by atoms with E-state index in [-0.39, 0.29) is 29.6 Å². The molecule has 2 fully saturated rings. The van der Waals surface area contributed by atoms with Gasteiger partial charge in [-0.1, -0.05) is 19.1 Å². The average molecular weight is 346 g/mol. The summed E-state index contributed by atoms with van der Waals surface area (Å²) in [5.74, 6) is 0.0770. The van der Waals surface area contributed by atoms with Crippen LogP contribution in [0.2, 0.25) is 0 Å². The van der Waals surface area contributed by atoms with Crippen molar-refractivity contribution >= 4 is 11.8 Å². The van der Waals surface area contributed by atoms with E-state index in [4.69, 9.17) is 0 Å². The molecular formula is C20H27FN2O2. The number of benzene rings is 1. The molecule has 1 aromatic rings. The van der Waals surface area contributed by atoms with Crippen molar-refractivity contribution in [3.63, 3.8) is 0 Å². The molecule has 0 aliphatic carbocycles. The summed E-state index contributed by atoms with van der Waals surface area (Å²) in [4.78, 5) is 28.6. The summed E-state index contributed by atoms with van der Waals surface area (Å²) in [6, 6.07) is 6.76. The number of carbonyl (C=O) groups excluding carboxylic acids is 2. The quantitative estimate of drug-likeness (QED) is 0.822. The molecule has 2 aliphatic rings. The maximum Gasteiger partial charge on any atom is 0.225 e. The largest absolute Gasteiger partial charge is 0.340 e. The zero-order valence-corrected chi connectivity index (χ0v) is 14.9. The van der Waals surface area contributed by atoms with Crippen molar-refractivity contribution in [1.29, 1.82) is 0 Å². The molecule has 0 spiro atoms. The summed E-state index contributed by atoms with van der Waals surface area (Å²) in [6.07, 6.45) is 4.95. The predicted octanol–water partition coefficient (Wildman–Crippen LogP) is 3.01. The van der Waals surface area contributed by atoms with Gasteiger partial charge in [-0.2, -0.15) is 0 Å². The van der Waals surface area contributed by atoms with Crippen molar-refractivity contribution in [3.8, 4) is 0 Å². The number of hydrogen-bond acceptors (Lipinski definition) is 2. The highest BCUT2D eigenvalue weighted by molar-refractivity contribution is 5.80. The van der Waals surface area contributed by atoms with E-state index >= 15 is 0 Å². The van der Waals surface area contributed by atoms with Gasteiger partial charge in [0, 0.05) is 38.0 Å². The maximum absolute atomic E-state index is 13.3. The summed E-state index contributed by atoms with van der Waals surface area (Å²) in [7, 11) is 0. The smallest absolute Gasteiger partial charge is 0.225 e. The molecule has 0 unspecified atom stereocenters. The van der Waals surface area contributed by atoms with E-state index in [1.165, 1.54) is 12.1 Å². The second-order valence-corrected chi connectivity index (χ2v) is 7.34. The molecular weight excluding hydrogens is 319 g/mol. The fraction of sp³-hybridized carbons (Fsp3) is 0.600. The fourth-order valence-electron chi connectivity index (χ4n) is 3.98. The SMILES string of the molecule is C[C@H](CCc1cccc(F)c1)C(=O)N1CCC[C@@H](N2CCCC2=O)C1. The second-order valence-electron chi connectivity index (χ2n) is 7.34. The molecule has 136 valence electrons. The molecule has 25 heavy (non-hydrogen) atoms. The third-order valence-corrected chi connectivity index (χ3v) is 5.44. The Morgan fingerprint density at radius 1 is 1.32 bits per heavy atom. The minimum absolute atomic E-state index is 0.0868. The van der Waals surface area contributed by atoms with E-state index in [0.29, 0.717) is 25.8 Å². The summed E-state index contributed by atoms with van der Waals surface area (Å²) in [5, 5.41) is 0. The summed E-state index contributed by atoms with van der Waals surface area (Å²) in [6.45, 7) is 4.23. The first-order chi connectivity index (χ1) is 12.0. The maximum atomic E-state index is 13.3. The van der Waals surface area contributed by atoms with E-state index in [9.17, 15) is 14.0 Å². The molecule has 2 atom stereocenters. The van der Waals surface area contributed by atoms with Gasteiger partial charge in [0.15, 0.2) is 0 Å². The topological polar surface area (TPSA) is 40.6 Å². The van der Waals surface area contributed by atoms with Gasteiger partial charge in [-0.25, -0.2) is 4.39 Å². The molecule has 0 saturated carbocycles. The van der Waals surface area contributed by atoms with Crippen LogP contribution in [0.5, 0.6) is 0 Å². The minimum atomic E-state index is -0.231. The van der Waals surface area contributed by atoms with Crippen LogP contribution in [-0.4, -0.2) is 47.3 Å². The number of carbonyl (C=O) groups is 2. The molecule has 0 N–H and O–H groups in total. The number of amides is 2. The Kier molecular flexibility index (Phi) is 5.71. The van der Waals surface area contributed by atoms with Crippen LogP contribution in [0.1, 0.15) is 44.6 Å². The van der Waals surface area contributed by atoms with Crippen LogP contribution in [0.25, 0.3) is 0 Å². The minimum Gasteiger partial charge on any atom is -0.340 e. The second kappa shape index (κ2) is 7.98. The Hall–Kier alpha value is -1.91. The summed E-state index contributed by atoms with van der Waals surface area (Å²) >= 11 is 0. The first kappa shape index (κ1) is 17.9. The predicted molar refractivity (Wildman–Crippen MR) is 94.4 cm³/mol. The van der Waals surface area contributed by atoms with Crippen molar-refractivity contribution in [2.24, 2.45) is 5.92 Å². The Morgan fingerprint density at radius 3 is 2.88 bits per heavy atom. The number of likely N-dealkylation sites (tertiary alicyclic amines) is 2. The number of nitrogens with zero attached hydrogens (tertiary/aromatic N) is 2. The van der Waals surface area contributed by atoms with Crippen LogP contribution in [0, 0.1) is 11.7 Å². The Bertz CT molecular complexity index is 634. The van der Waals surface area contributed by atoms with Gasteiger partial charge in [0.1, 0.15) is 5.82 Å². The molecule has 2 amide bonds. The van der Waals surface area contributed by atoms with Crippen molar-refractivity contribution in [1.82, 2.24) is 9.80 Å². The van der Waals surface area contributed by atoms with Gasteiger partial charge in [-0.15, -0.1) is 0 Å². The van der Waals surface area contributed by atoms with Crippen molar-refractivity contribution in [2.75, 3.05) is 19.6 Å².